The first kappa shape index (κ1) is 11.0. The Morgan fingerprint density at radius 1 is 1.38 bits per heavy atom. The normalized spacial score (nSPS) is 20.7. The number of carbonyl (C=O) groups is 1. The van der Waals surface area contributed by atoms with Crippen molar-refractivity contribution in [2.45, 2.75) is 18.9 Å². The molecule has 1 aromatic carbocycles. The molecule has 0 aliphatic carbocycles. The van der Waals surface area contributed by atoms with Crippen LogP contribution < -0.4 is 10.6 Å². The highest BCUT2D eigenvalue weighted by molar-refractivity contribution is 5.88. The second kappa shape index (κ2) is 4.99. The molecule has 0 spiro atoms. The van der Waals surface area contributed by atoms with Gasteiger partial charge in [0, 0.05) is 18.7 Å². The van der Waals surface area contributed by atoms with Crippen LogP contribution in [0.25, 0.3) is 0 Å². The molecule has 0 aromatic heterocycles. The van der Waals surface area contributed by atoms with Crippen LogP contribution in [-0.2, 0) is 4.74 Å². The summed E-state index contributed by atoms with van der Waals surface area (Å²) in [6.45, 7) is 1.26. The van der Waals surface area contributed by atoms with E-state index in [1.807, 2.05) is 30.3 Å². The summed E-state index contributed by atoms with van der Waals surface area (Å²) in [4.78, 5) is 13.4. The first-order valence-electron chi connectivity index (χ1n) is 5.54. The smallest absolute Gasteiger partial charge is 0.414 e. The van der Waals surface area contributed by atoms with E-state index in [2.05, 4.69) is 0 Å². The predicted octanol–water partition coefficient (Wildman–Crippen LogP) is 1.75. The van der Waals surface area contributed by atoms with E-state index in [4.69, 9.17) is 10.5 Å². The Morgan fingerprint density at radius 2 is 2.12 bits per heavy atom. The molecule has 1 aliphatic heterocycles. The largest absolute Gasteiger partial charge is 0.446 e. The maximum Gasteiger partial charge on any atom is 0.414 e. The minimum Gasteiger partial charge on any atom is -0.446 e. The van der Waals surface area contributed by atoms with Crippen LogP contribution in [0.5, 0.6) is 0 Å². The average molecular weight is 220 g/mol. The number of hydrogen-bond acceptors (Lipinski definition) is 3. The molecule has 1 fully saturated rings. The number of nitrogens with zero attached hydrogens (tertiary/aromatic N) is 1. The maximum atomic E-state index is 11.7. The minimum atomic E-state index is -0.268. The SMILES string of the molecule is NCCC1CCN(c2ccccc2)C(=O)O1. The first-order valence-corrected chi connectivity index (χ1v) is 5.54. The first-order chi connectivity index (χ1) is 7.81. The van der Waals surface area contributed by atoms with Crippen molar-refractivity contribution in [3.05, 3.63) is 30.3 Å². The third kappa shape index (κ3) is 2.33. The number of carbonyl (C=O) groups excluding carboxylic acids is 1. The summed E-state index contributed by atoms with van der Waals surface area (Å²) in [7, 11) is 0. The van der Waals surface area contributed by atoms with Crippen LogP contribution in [-0.4, -0.2) is 25.3 Å². The van der Waals surface area contributed by atoms with Crippen LogP contribution >= 0.6 is 0 Å². The van der Waals surface area contributed by atoms with Crippen LogP contribution in [0.1, 0.15) is 12.8 Å². The molecule has 4 nitrogen and oxygen atoms in total. The highest BCUT2D eigenvalue weighted by Crippen LogP contribution is 2.21. The molecular weight excluding hydrogens is 204 g/mol. The highest BCUT2D eigenvalue weighted by Gasteiger charge is 2.27. The van der Waals surface area contributed by atoms with Gasteiger partial charge < -0.3 is 10.5 Å². The van der Waals surface area contributed by atoms with E-state index in [1.54, 1.807) is 4.90 Å². The van der Waals surface area contributed by atoms with Crippen molar-refractivity contribution in [3.63, 3.8) is 0 Å². The van der Waals surface area contributed by atoms with Crippen LogP contribution in [0, 0.1) is 0 Å². The molecule has 1 atom stereocenters. The Labute approximate surface area is 95.0 Å². The molecule has 2 rings (SSSR count). The molecule has 86 valence electrons. The van der Waals surface area contributed by atoms with Gasteiger partial charge in [0.15, 0.2) is 0 Å². The van der Waals surface area contributed by atoms with E-state index in [-0.39, 0.29) is 12.2 Å². The van der Waals surface area contributed by atoms with Crippen LogP contribution in [0.3, 0.4) is 0 Å². The van der Waals surface area contributed by atoms with E-state index < -0.39 is 0 Å². The number of hydrogen-bond donors (Lipinski definition) is 1. The second-order valence-corrected chi connectivity index (χ2v) is 3.86. The fraction of sp³-hybridized carbons (Fsp3) is 0.417. The summed E-state index contributed by atoms with van der Waals surface area (Å²) < 4.78 is 5.30. The van der Waals surface area contributed by atoms with Crippen molar-refractivity contribution in [2.24, 2.45) is 5.73 Å². The number of nitrogens with two attached hydrogens (primary N) is 1. The van der Waals surface area contributed by atoms with Gasteiger partial charge in [-0.05, 0) is 25.1 Å². The predicted molar refractivity (Wildman–Crippen MR) is 62.3 cm³/mol. The van der Waals surface area contributed by atoms with E-state index in [0.717, 1.165) is 18.5 Å². The number of ether oxygens (including phenoxy) is 1. The van der Waals surface area contributed by atoms with Gasteiger partial charge in [0.2, 0.25) is 0 Å². The Hall–Kier alpha value is -1.55. The zero-order chi connectivity index (χ0) is 11.4. The third-order valence-electron chi connectivity index (χ3n) is 2.72. The van der Waals surface area contributed by atoms with E-state index in [9.17, 15) is 4.79 Å². The van der Waals surface area contributed by atoms with E-state index >= 15 is 0 Å². The molecule has 1 aliphatic rings. The Kier molecular flexibility index (Phi) is 3.41. The van der Waals surface area contributed by atoms with Crippen molar-refractivity contribution in [1.29, 1.82) is 0 Å². The molecule has 4 heteroatoms. The van der Waals surface area contributed by atoms with Crippen molar-refractivity contribution in [1.82, 2.24) is 0 Å². The second-order valence-electron chi connectivity index (χ2n) is 3.86. The van der Waals surface area contributed by atoms with Crippen molar-refractivity contribution in [2.75, 3.05) is 18.0 Å². The number of amides is 1. The van der Waals surface area contributed by atoms with Gasteiger partial charge >= 0.3 is 6.09 Å². The zero-order valence-corrected chi connectivity index (χ0v) is 9.13. The lowest BCUT2D eigenvalue weighted by Crippen LogP contribution is -2.42. The van der Waals surface area contributed by atoms with E-state index in [1.165, 1.54) is 0 Å². The summed E-state index contributed by atoms with van der Waals surface area (Å²) in [6.07, 6.45) is 1.31. The number of para-hydroxylation sites is 1. The van der Waals surface area contributed by atoms with Crippen LogP contribution in [0.2, 0.25) is 0 Å². The quantitative estimate of drug-likeness (QED) is 0.844. The third-order valence-corrected chi connectivity index (χ3v) is 2.72. The molecule has 1 heterocycles. The lowest BCUT2D eigenvalue weighted by atomic mass is 10.1. The zero-order valence-electron chi connectivity index (χ0n) is 9.13. The Balaban J connectivity index is 2.02. The van der Waals surface area contributed by atoms with Crippen molar-refractivity contribution >= 4 is 11.8 Å². The molecule has 1 amide bonds. The lowest BCUT2D eigenvalue weighted by Gasteiger charge is -2.31. The summed E-state index contributed by atoms with van der Waals surface area (Å²) in [5.74, 6) is 0. The van der Waals surface area contributed by atoms with Crippen LogP contribution in [0.15, 0.2) is 30.3 Å². The lowest BCUT2D eigenvalue weighted by molar-refractivity contribution is 0.0807. The number of rotatable bonds is 3. The number of cyclic esters (lactones) is 1. The maximum absolute atomic E-state index is 11.7. The number of anilines is 1. The molecule has 1 aromatic rings. The summed E-state index contributed by atoms with van der Waals surface area (Å²) in [5, 5.41) is 0. The van der Waals surface area contributed by atoms with Gasteiger partial charge in [-0.25, -0.2) is 4.79 Å². The molecule has 1 unspecified atom stereocenters. The average Bonchev–Trinajstić information content (AvgIpc) is 2.31. The fourth-order valence-electron chi connectivity index (χ4n) is 1.86. The van der Waals surface area contributed by atoms with Crippen molar-refractivity contribution in [3.8, 4) is 0 Å². The summed E-state index contributed by atoms with van der Waals surface area (Å²) >= 11 is 0. The molecular formula is C12H16N2O2. The Bertz CT molecular complexity index is 353. The van der Waals surface area contributed by atoms with E-state index in [0.29, 0.717) is 13.1 Å². The standard InChI is InChI=1S/C12H16N2O2/c13-8-6-11-7-9-14(12(15)16-11)10-4-2-1-3-5-10/h1-5,11H,6-9,13H2. The van der Waals surface area contributed by atoms with Crippen molar-refractivity contribution < 1.29 is 9.53 Å². The van der Waals surface area contributed by atoms with Gasteiger partial charge in [0.05, 0.1) is 0 Å². The fourth-order valence-corrected chi connectivity index (χ4v) is 1.86. The van der Waals surface area contributed by atoms with Crippen LogP contribution in [0.4, 0.5) is 10.5 Å². The van der Waals surface area contributed by atoms with Gasteiger partial charge in [-0.3, -0.25) is 4.90 Å². The molecule has 1 saturated heterocycles. The summed E-state index contributed by atoms with van der Waals surface area (Å²) in [6, 6.07) is 9.56. The number of benzene rings is 1. The highest BCUT2D eigenvalue weighted by atomic mass is 16.6. The Morgan fingerprint density at radius 3 is 2.75 bits per heavy atom. The van der Waals surface area contributed by atoms with Gasteiger partial charge in [-0.2, -0.15) is 0 Å². The molecule has 16 heavy (non-hydrogen) atoms. The van der Waals surface area contributed by atoms with Gasteiger partial charge in [-0.15, -0.1) is 0 Å². The molecule has 0 saturated carbocycles. The molecule has 0 radical (unpaired) electrons. The minimum absolute atomic E-state index is 0.0162. The molecule has 0 bridgehead atoms. The topological polar surface area (TPSA) is 55.6 Å². The molecule has 2 N–H and O–H groups in total. The summed E-state index contributed by atoms with van der Waals surface area (Å²) in [5.41, 5.74) is 6.33. The van der Waals surface area contributed by atoms with Gasteiger partial charge in [0.1, 0.15) is 6.10 Å². The van der Waals surface area contributed by atoms with Gasteiger partial charge in [-0.1, -0.05) is 18.2 Å². The van der Waals surface area contributed by atoms with Gasteiger partial charge in [0.25, 0.3) is 0 Å². The monoisotopic (exact) mass is 220 g/mol.